The molecule has 0 heterocycles. The number of aliphatic hydroxyl groups excluding tert-OH is 1. The van der Waals surface area contributed by atoms with Crippen LogP contribution in [0.5, 0.6) is 17.2 Å². The van der Waals surface area contributed by atoms with Crippen molar-refractivity contribution < 1.29 is 29.2 Å². The highest BCUT2D eigenvalue weighted by Crippen LogP contribution is 2.42. The number of alkyl halides is 2. The molecule has 0 aliphatic heterocycles. The zero-order chi connectivity index (χ0) is 12.5. The van der Waals surface area contributed by atoms with Gasteiger partial charge in [-0.15, -0.1) is 12.4 Å². The van der Waals surface area contributed by atoms with E-state index in [4.69, 9.17) is 21.1 Å². The Morgan fingerprint density at radius 2 is 1.71 bits per heavy atom. The summed E-state index contributed by atoms with van der Waals surface area (Å²) < 4.78 is 26.0. The van der Waals surface area contributed by atoms with Crippen LogP contribution in [-0.4, -0.2) is 33.0 Å². The number of phenolic OH excluding ortho intramolecular Hbond substituents is 3. The minimum absolute atomic E-state index is 0. The molecule has 0 bridgehead atoms. The Morgan fingerprint density at radius 1 is 1.18 bits per heavy atom. The molecule has 0 aliphatic rings. The second-order valence-electron chi connectivity index (χ2n) is 3.27. The van der Waals surface area contributed by atoms with E-state index in [1.54, 1.807) is 0 Å². The van der Waals surface area contributed by atoms with Crippen LogP contribution in [0.3, 0.4) is 0 Å². The lowest BCUT2D eigenvalue weighted by Gasteiger charge is -2.22. The molecule has 1 rings (SSSR count). The Kier molecular flexibility index (Phi) is 4.94. The fraction of sp³-hybridized carbons (Fsp3) is 0.333. The number of hydrogen-bond acceptors (Lipinski definition) is 5. The lowest BCUT2D eigenvalue weighted by molar-refractivity contribution is -0.0716. The van der Waals surface area contributed by atoms with E-state index < -0.39 is 41.4 Å². The average molecular weight is 272 g/mol. The number of aromatic hydroxyl groups is 3. The third kappa shape index (κ3) is 2.87. The molecular weight excluding hydrogens is 260 g/mol. The molecule has 0 saturated carbocycles. The SMILES string of the molecule is Cl.N[C@@H](c1ccc(O)c(O)c1O)C(F)(F)CO. The van der Waals surface area contributed by atoms with Gasteiger partial charge in [0.05, 0.1) is 0 Å². The summed E-state index contributed by atoms with van der Waals surface area (Å²) >= 11 is 0. The van der Waals surface area contributed by atoms with Crippen LogP contribution in [0.25, 0.3) is 0 Å². The molecule has 0 fully saturated rings. The summed E-state index contributed by atoms with van der Waals surface area (Å²) in [5.74, 6) is -6.15. The van der Waals surface area contributed by atoms with Crippen LogP contribution in [0.1, 0.15) is 11.6 Å². The summed E-state index contributed by atoms with van der Waals surface area (Å²) in [6.07, 6.45) is 0. The van der Waals surface area contributed by atoms with E-state index >= 15 is 0 Å². The van der Waals surface area contributed by atoms with E-state index in [0.29, 0.717) is 0 Å². The van der Waals surface area contributed by atoms with Gasteiger partial charge in [0.2, 0.25) is 5.75 Å². The second-order valence-corrected chi connectivity index (χ2v) is 3.27. The smallest absolute Gasteiger partial charge is 0.289 e. The van der Waals surface area contributed by atoms with Gasteiger partial charge in [0.25, 0.3) is 5.92 Å². The van der Waals surface area contributed by atoms with Gasteiger partial charge in [-0.3, -0.25) is 0 Å². The Hall–Kier alpha value is -1.31. The number of benzene rings is 1. The first-order chi connectivity index (χ1) is 7.31. The van der Waals surface area contributed by atoms with E-state index in [1.807, 2.05) is 0 Å². The maximum absolute atomic E-state index is 13.0. The van der Waals surface area contributed by atoms with Crippen LogP contribution in [0.2, 0.25) is 0 Å². The molecule has 0 amide bonds. The van der Waals surface area contributed by atoms with E-state index in [-0.39, 0.29) is 12.4 Å². The predicted molar refractivity (Wildman–Crippen MR) is 57.6 cm³/mol. The van der Waals surface area contributed by atoms with Crippen LogP contribution in [0.15, 0.2) is 12.1 Å². The summed E-state index contributed by atoms with van der Waals surface area (Å²) in [5.41, 5.74) is 4.68. The average Bonchev–Trinajstić information content (AvgIpc) is 2.25. The Bertz CT molecular complexity index is 403. The maximum Gasteiger partial charge on any atom is 0.289 e. The van der Waals surface area contributed by atoms with Crippen molar-refractivity contribution in [2.75, 3.05) is 6.61 Å². The summed E-state index contributed by atoms with van der Waals surface area (Å²) in [6, 6.07) is -0.125. The van der Waals surface area contributed by atoms with E-state index in [0.717, 1.165) is 12.1 Å². The highest BCUT2D eigenvalue weighted by Gasteiger charge is 2.39. The van der Waals surface area contributed by atoms with Crippen molar-refractivity contribution in [3.05, 3.63) is 17.7 Å². The van der Waals surface area contributed by atoms with Crippen molar-refractivity contribution in [2.24, 2.45) is 5.73 Å². The molecule has 0 aliphatic carbocycles. The molecule has 0 saturated heterocycles. The number of hydrogen-bond donors (Lipinski definition) is 5. The van der Waals surface area contributed by atoms with Gasteiger partial charge in [-0.2, -0.15) is 0 Å². The van der Waals surface area contributed by atoms with Crippen LogP contribution in [-0.2, 0) is 0 Å². The van der Waals surface area contributed by atoms with E-state index in [2.05, 4.69) is 0 Å². The Morgan fingerprint density at radius 3 is 2.18 bits per heavy atom. The molecule has 1 atom stereocenters. The summed E-state index contributed by atoms with van der Waals surface area (Å²) in [7, 11) is 0. The van der Waals surface area contributed by atoms with Gasteiger partial charge in [0, 0.05) is 5.56 Å². The highest BCUT2D eigenvalue weighted by atomic mass is 35.5. The molecule has 0 unspecified atom stereocenters. The van der Waals surface area contributed by atoms with Gasteiger partial charge < -0.3 is 26.2 Å². The van der Waals surface area contributed by atoms with Gasteiger partial charge in [-0.05, 0) is 12.1 Å². The fourth-order valence-electron chi connectivity index (χ4n) is 1.16. The van der Waals surface area contributed by atoms with Gasteiger partial charge >= 0.3 is 0 Å². The maximum atomic E-state index is 13.0. The predicted octanol–water partition coefficient (Wildman–Crippen LogP) is 0.853. The lowest BCUT2D eigenvalue weighted by atomic mass is 10.00. The van der Waals surface area contributed by atoms with E-state index in [1.165, 1.54) is 0 Å². The number of phenols is 3. The van der Waals surface area contributed by atoms with Crippen molar-refractivity contribution >= 4 is 12.4 Å². The molecule has 17 heavy (non-hydrogen) atoms. The molecule has 6 N–H and O–H groups in total. The normalized spacial score (nSPS) is 12.9. The molecule has 8 heteroatoms. The lowest BCUT2D eigenvalue weighted by Crippen LogP contribution is -2.36. The summed E-state index contributed by atoms with van der Waals surface area (Å²) in [5, 5.41) is 35.8. The molecule has 0 radical (unpaired) electrons. The van der Waals surface area contributed by atoms with Gasteiger partial charge in [-0.25, -0.2) is 8.78 Å². The molecular formula is C9H12ClF2NO4. The van der Waals surface area contributed by atoms with Crippen molar-refractivity contribution in [1.29, 1.82) is 0 Å². The largest absolute Gasteiger partial charge is 0.504 e. The zero-order valence-corrected chi connectivity index (χ0v) is 9.29. The second kappa shape index (κ2) is 5.35. The van der Waals surface area contributed by atoms with Crippen molar-refractivity contribution in [3.63, 3.8) is 0 Å². The van der Waals surface area contributed by atoms with Crippen LogP contribution >= 0.6 is 12.4 Å². The molecule has 98 valence electrons. The molecule has 1 aromatic carbocycles. The first kappa shape index (κ1) is 15.7. The van der Waals surface area contributed by atoms with E-state index in [9.17, 15) is 13.9 Å². The number of rotatable bonds is 3. The van der Waals surface area contributed by atoms with Gasteiger partial charge in [0.1, 0.15) is 12.6 Å². The van der Waals surface area contributed by atoms with Crippen LogP contribution in [0, 0.1) is 0 Å². The van der Waals surface area contributed by atoms with Gasteiger partial charge in [-0.1, -0.05) is 0 Å². The number of aliphatic hydroxyl groups is 1. The van der Waals surface area contributed by atoms with Crippen LogP contribution in [0.4, 0.5) is 8.78 Å². The Balaban J connectivity index is 0.00000256. The van der Waals surface area contributed by atoms with Crippen LogP contribution < -0.4 is 5.73 Å². The third-order valence-electron chi connectivity index (χ3n) is 2.16. The molecule has 0 spiro atoms. The number of nitrogens with two attached hydrogens (primary N) is 1. The first-order valence-electron chi connectivity index (χ1n) is 4.29. The Labute approximate surface area is 102 Å². The highest BCUT2D eigenvalue weighted by molar-refractivity contribution is 5.85. The summed E-state index contributed by atoms with van der Waals surface area (Å²) in [4.78, 5) is 0. The minimum Gasteiger partial charge on any atom is -0.504 e. The summed E-state index contributed by atoms with van der Waals surface area (Å²) in [6.45, 7) is -1.49. The molecule has 1 aromatic rings. The molecule has 0 aromatic heterocycles. The minimum atomic E-state index is -3.64. The standard InChI is InChI=1S/C9H11F2NO4.ClH/c10-9(11,3-13)8(12)4-1-2-5(14)7(16)6(4)15;/h1-2,8,13-16H,3,12H2;1H/t8-;/m0./s1. The van der Waals surface area contributed by atoms with Crippen molar-refractivity contribution in [1.82, 2.24) is 0 Å². The van der Waals surface area contributed by atoms with Crippen molar-refractivity contribution in [3.8, 4) is 17.2 Å². The first-order valence-corrected chi connectivity index (χ1v) is 4.29. The van der Waals surface area contributed by atoms with Gasteiger partial charge in [0.15, 0.2) is 11.5 Å². The fourth-order valence-corrected chi connectivity index (χ4v) is 1.16. The zero-order valence-electron chi connectivity index (χ0n) is 8.47. The molecule has 5 nitrogen and oxygen atoms in total. The monoisotopic (exact) mass is 271 g/mol. The van der Waals surface area contributed by atoms with Crippen molar-refractivity contribution in [2.45, 2.75) is 12.0 Å². The topological polar surface area (TPSA) is 107 Å². The third-order valence-corrected chi connectivity index (χ3v) is 2.16. The quantitative estimate of drug-likeness (QED) is 0.524. The number of halogens is 3.